The molecule has 0 saturated carbocycles. The fourth-order valence-corrected chi connectivity index (χ4v) is 2.84. The van der Waals surface area contributed by atoms with Crippen LogP contribution in [0.1, 0.15) is 41.5 Å². The van der Waals surface area contributed by atoms with E-state index in [1.807, 2.05) is 6.92 Å². The van der Waals surface area contributed by atoms with Crippen molar-refractivity contribution in [2.45, 2.75) is 26.2 Å². The molecule has 110 valence electrons. The Hall–Kier alpha value is -2.34. The standard InChI is InChI=1S/C22H22/c1-16(2)18-8-10-20(11-9-18)22-14-12-21(13-15-22)19-6-4-17(3)5-7-19/h4-12,14-15,21H,1,13H2,2-3H3. The van der Waals surface area contributed by atoms with Crippen LogP contribution in [0.25, 0.3) is 11.1 Å². The molecular formula is C22H22. The Labute approximate surface area is 133 Å². The molecule has 1 aliphatic carbocycles. The molecule has 22 heavy (non-hydrogen) atoms. The molecule has 0 aromatic heterocycles. The van der Waals surface area contributed by atoms with Crippen molar-refractivity contribution in [1.29, 1.82) is 0 Å². The molecule has 0 heterocycles. The van der Waals surface area contributed by atoms with E-state index < -0.39 is 0 Å². The topological polar surface area (TPSA) is 0 Å². The first kappa shape index (κ1) is 14.6. The van der Waals surface area contributed by atoms with E-state index in [-0.39, 0.29) is 0 Å². The molecule has 0 fully saturated rings. The summed E-state index contributed by atoms with van der Waals surface area (Å²) in [6, 6.07) is 17.5. The van der Waals surface area contributed by atoms with Crippen LogP contribution >= 0.6 is 0 Å². The zero-order chi connectivity index (χ0) is 15.5. The van der Waals surface area contributed by atoms with Gasteiger partial charge in [0.15, 0.2) is 0 Å². The normalized spacial score (nSPS) is 17.2. The van der Waals surface area contributed by atoms with Crippen LogP contribution in [0.4, 0.5) is 0 Å². The molecule has 0 nitrogen and oxygen atoms in total. The minimum absolute atomic E-state index is 0.499. The maximum Gasteiger partial charge on any atom is 0.00561 e. The van der Waals surface area contributed by atoms with Gasteiger partial charge in [0.05, 0.1) is 0 Å². The Morgan fingerprint density at radius 2 is 1.68 bits per heavy atom. The van der Waals surface area contributed by atoms with Gasteiger partial charge in [-0.3, -0.25) is 0 Å². The summed E-state index contributed by atoms with van der Waals surface area (Å²) in [7, 11) is 0. The Balaban J connectivity index is 1.75. The summed E-state index contributed by atoms with van der Waals surface area (Å²) in [6.45, 7) is 8.16. The molecule has 0 saturated heterocycles. The molecule has 1 aliphatic rings. The second kappa shape index (κ2) is 6.19. The zero-order valence-electron chi connectivity index (χ0n) is 13.3. The van der Waals surface area contributed by atoms with Gasteiger partial charge in [0.25, 0.3) is 0 Å². The summed E-state index contributed by atoms with van der Waals surface area (Å²) in [6.07, 6.45) is 7.99. The Morgan fingerprint density at radius 1 is 1.00 bits per heavy atom. The maximum atomic E-state index is 3.99. The molecule has 0 heteroatoms. The summed E-state index contributed by atoms with van der Waals surface area (Å²) in [4.78, 5) is 0. The van der Waals surface area contributed by atoms with E-state index >= 15 is 0 Å². The van der Waals surface area contributed by atoms with Crippen molar-refractivity contribution in [3.8, 4) is 0 Å². The van der Waals surface area contributed by atoms with Gasteiger partial charge >= 0.3 is 0 Å². The predicted octanol–water partition coefficient (Wildman–Crippen LogP) is 6.16. The van der Waals surface area contributed by atoms with Gasteiger partial charge in [-0.15, -0.1) is 0 Å². The smallest absolute Gasteiger partial charge is 0.00561 e. The van der Waals surface area contributed by atoms with E-state index in [4.69, 9.17) is 0 Å². The maximum absolute atomic E-state index is 3.99. The molecule has 0 aliphatic heterocycles. The Bertz CT molecular complexity index is 725. The largest absolute Gasteiger partial charge is 0.0955 e. The van der Waals surface area contributed by atoms with Gasteiger partial charge in [0.1, 0.15) is 0 Å². The van der Waals surface area contributed by atoms with Gasteiger partial charge in [-0.2, -0.15) is 0 Å². The predicted molar refractivity (Wildman–Crippen MR) is 96.8 cm³/mol. The van der Waals surface area contributed by atoms with E-state index in [9.17, 15) is 0 Å². The lowest BCUT2D eigenvalue weighted by Gasteiger charge is -2.17. The van der Waals surface area contributed by atoms with Crippen LogP contribution in [-0.4, -0.2) is 0 Å². The average molecular weight is 286 g/mol. The second-order valence-electron chi connectivity index (χ2n) is 6.13. The number of aryl methyl sites for hydroxylation is 1. The lowest BCUT2D eigenvalue weighted by Crippen LogP contribution is -1.98. The lowest BCUT2D eigenvalue weighted by molar-refractivity contribution is 0.856. The van der Waals surface area contributed by atoms with E-state index in [1.165, 1.54) is 27.8 Å². The fraction of sp³-hybridized carbons (Fsp3) is 0.182. The highest BCUT2D eigenvalue weighted by atomic mass is 14.2. The van der Waals surface area contributed by atoms with Crippen LogP contribution in [0.15, 0.2) is 73.3 Å². The third-order valence-electron chi connectivity index (χ3n) is 4.32. The third kappa shape index (κ3) is 3.12. The highest BCUT2D eigenvalue weighted by molar-refractivity contribution is 5.76. The second-order valence-corrected chi connectivity index (χ2v) is 6.13. The molecule has 0 bridgehead atoms. The van der Waals surface area contributed by atoms with Crippen LogP contribution in [-0.2, 0) is 0 Å². The van der Waals surface area contributed by atoms with Gasteiger partial charge in [0.2, 0.25) is 0 Å². The fourth-order valence-electron chi connectivity index (χ4n) is 2.84. The van der Waals surface area contributed by atoms with Crippen LogP contribution in [0, 0.1) is 6.92 Å². The first-order valence-electron chi connectivity index (χ1n) is 7.85. The monoisotopic (exact) mass is 286 g/mol. The molecule has 0 N–H and O–H groups in total. The molecule has 0 spiro atoms. The molecule has 0 amide bonds. The number of allylic oxidation sites excluding steroid dienone is 5. The molecule has 3 rings (SSSR count). The van der Waals surface area contributed by atoms with E-state index in [0.717, 1.165) is 12.0 Å². The lowest BCUT2D eigenvalue weighted by atomic mass is 9.88. The first-order valence-corrected chi connectivity index (χ1v) is 7.85. The van der Waals surface area contributed by atoms with Gasteiger partial charge in [-0.25, -0.2) is 0 Å². The van der Waals surface area contributed by atoms with Crippen molar-refractivity contribution in [1.82, 2.24) is 0 Å². The number of rotatable bonds is 3. The molecule has 1 unspecified atom stereocenters. The third-order valence-corrected chi connectivity index (χ3v) is 4.32. The van der Waals surface area contributed by atoms with Crippen LogP contribution in [0.2, 0.25) is 0 Å². The molecule has 2 aromatic carbocycles. The quantitative estimate of drug-likeness (QED) is 0.634. The average Bonchev–Trinajstić information content (AvgIpc) is 2.56. The number of hydrogen-bond donors (Lipinski definition) is 0. The van der Waals surface area contributed by atoms with Crippen LogP contribution in [0.5, 0.6) is 0 Å². The summed E-state index contributed by atoms with van der Waals surface area (Å²) in [5, 5.41) is 0. The van der Waals surface area contributed by atoms with E-state index in [0.29, 0.717) is 5.92 Å². The molecule has 1 atom stereocenters. The molecule has 2 aromatic rings. The van der Waals surface area contributed by atoms with Gasteiger partial charge in [-0.1, -0.05) is 84.5 Å². The van der Waals surface area contributed by atoms with Gasteiger partial charge in [-0.05, 0) is 42.5 Å². The van der Waals surface area contributed by atoms with Crippen molar-refractivity contribution < 1.29 is 0 Å². The van der Waals surface area contributed by atoms with Crippen LogP contribution < -0.4 is 0 Å². The Morgan fingerprint density at radius 3 is 2.23 bits per heavy atom. The highest BCUT2D eigenvalue weighted by Crippen LogP contribution is 2.31. The molecule has 0 radical (unpaired) electrons. The highest BCUT2D eigenvalue weighted by Gasteiger charge is 2.11. The summed E-state index contributed by atoms with van der Waals surface area (Å²) < 4.78 is 0. The van der Waals surface area contributed by atoms with Gasteiger partial charge in [0, 0.05) is 5.92 Å². The van der Waals surface area contributed by atoms with Crippen molar-refractivity contribution in [2.75, 3.05) is 0 Å². The first-order chi connectivity index (χ1) is 10.6. The Kier molecular flexibility index (Phi) is 4.11. The minimum Gasteiger partial charge on any atom is -0.0955 e. The zero-order valence-corrected chi connectivity index (χ0v) is 13.3. The van der Waals surface area contributed by atoms with Crippen molar-refractivity contribution in [3.63, 3.8) is 0 Å². The van der Waals surface area contributed by atoms with E-state index in [1.54, 1.807) is 0 Å². The molecular weight excluding hydrogens is 264 g/mol. The number of hydrogen-bond acceptors (Lipinski definition) is 0. The summed E-state index contributed by atoms with van der Waals surface area (Å²) in [5.41, 5.74) is 7.63. The van der Waals surface area contributed by atoms with Crippen molar-refractivity contribution >= 4 is 11.1 Å². The van der Waals surface area contributed by atoms with Crippen LogP contribution in [0.3, 0.4) is 0 Å². The minimum atomic E-state index is 0.499. The van der Waals surface area contributed by atoms with Crippen molar-refractivity contribution in [2.24, 2.45) is 0 Å². The van der Waals surface area contributed by atoms with Crippen molar-refractivity contribution in [3.05, 3.63) is 95.6 Å². The summed E-state index contributed by atoms with van der Waals surface area (Å²) in [5.74, 6) is 0.499. The van der Waals surface area contributed by atoms with E-state index in [2.05, 4.69) is 80.3 Å². The number of benzene rings is 2. The SMILES string of the molecule is C=C(C)c1ccc(C2=CCC(c3ccc(C)cc3)C=C2)cc1. The summed E-state index contributed by atoms with van der Waals surface area (Å²) >= 11 is 0. The van der Waals surface area contributed by atoms with Gasteiger partial charge < -0.3 is 0 Å².